The molecule has 0 aliphatic carbocycles. The maximum Gasteiger partial charge on any atom is 0.330 e. The molecule has 1 aromatic rings. The highest BCUT2D eigenvalue weighted by Gasteiger charge is 2.39. The van der Waals surface area contributed by atoms with Crippen LogP contribution in [0.5, 0.6) is 0 Å². The van der Waals surface area contributed by atoms with Crippen molar-refractivity contribution in [2.24, 2.45) is 16.5 Å². The lowest BCUT2D eigenvalue weighted by atomic mass is 10.1. The predicted molar refractivity (Wildman–Crippen MR) is 123 cm³/mol. The Morgan fingerprint density at radius 3 is 2.33 bits per heavy atom. The summed E-state index contributed by atoms with van der Waals surface area (Å²) in [6.45, 7) is -0.547. The van der Waals surface area contributed by atoms with E-state index in [1.807, 2.05) is 0 Å². The minimum absolute atomic E-state index is 0.117. The molecule has 1 fully saturated rings. The Morgan fingerprint density at radius 1 is 1.08 bits per heavy atom. The van der Waals surface area contributed by atoms with Crippen molar-refractivity contribution in [2.75, 3.05) is 13.1 Å². The number of nitrogens with two attached hydrogens (primary N) is 2. The van der Waals surface area contributed by atoms with Gasteiger partial charge in [-0.25, -0.2) is 9.59 Å². The average Bonchev–Trinajstić information content (AvgIpc) is 3.07. The minimum atomic E-state index is -1.67. The number of carbonyl (C=O) groups excluding carboxylic acids is 4. The molecule has 194 valence electrons. The summed E-state index contributed by atoms with van der Waals surface area (Å²) in [4.78, 5) is 77.1. The topological polar surface area (TPSA) is 247 Å². The van der Waals surface area contributed by atoms with Crippen molar-refractivity contribution in [3.8, 4) is 0 Å². The summed E-state index contributed by atoms with van der Waals surface area (Å²) in [7, 11) is 0. The van der Waals surface area contributed by atoms with E-state index in [0.29, 0.717) is 11.3 Å². The van der Waals surface area contributed by atoms with Gasteiger partial charge in [0.25, 0.3) is 5.91 Å². The lowest BCUT2D eigenvalue weighted by Gasteiger charge is -2.21. The summed E-state index contributed by atoms with van der Waals surface area (Å²) in [5.74, 6) is -5.72. The molecule has 1 heterocycles. The van der Waals surface area contributed by atoms with Crippen LogP contribution in [0.3, 0.4) is 0 Å². The van der Waals surface area contributed by atoms with Gasteiger partial charge in [-0.3, -0.25) is 29.1 Å². The van der Waals surface area contributed by atoms with Gasteiger partial charge in [-0.05, 0) is 18.4 Å². The van der Waals surface area contributed by atoms with E-state index in [0.717, 1.165) is 0 Å². The number of urea groups is 1. The van der Waals surface area contributed by atoms with E-state index in [-0.39, 0.29) is 24.5 Å². The summed E-state index contributed by atoms with van der Waals surface area (Å²) in [5.41, 5.74) is 10.7. The molecule has 36 heavy (non-hydrogen) atoms. The van der Waals surface area contributed by atoms with E-state index in [9.17, 15) is 33.9 Å². The number of aliphatic imine (C=N–C) groups is 1. The number of carboxylic acid groups (broad SMARTS) is 2. The molecule has 0 radical (unpaired) electrons. The Balaban J connectivity index is 2.02. The maximum atomic E-state index is 12.7. The van der Waals surface area contributed by atoms with Crippen LogP contribution in [0, 0.1) is 0 Å². The number of amides is 5. The van der Waals surface area contributed by atoms with E-state index < -0.39 is 66.8 Å². The van der Waals surface area contributed by atoms with Gasteiger partial charge in [0.15, 0.2) is 12.0 Å². The van der Waals surface area contributed by atoms with Gasteiger partial charge in [0.2, 0.25) is 11.8 Å². The maximum absolute atomic E-state index is 12.7. The van der Waals surface area contributed by atoms with Gasteiger partial charge in [-0.15, -0.1) is 0 Å². The molecule has 0 bridgehead atoms. The first-order valence-corrected chi connectivity index (χ1v) is 10.8. The van der Waals surface area contributed by atoms with Gasteiger partial charge in [-0.1, -0.05) is 30.3 Å². The smallest absolute Gasteiger partial charge is 0.330 e. The summed E-state index contributed by atoms with van der Waals surface area (Å²) in [5, 5.41) is 25.4. The molecule has 1 saturated heterocycles. The van der Waals surface area contributed by atoms with Crippen molar-refractivity contribution in [2.45, 2.75) is 37.4 Å². The molecule has 1 aromatic carbocycles. The molecule has 15 nitrogen and oxygen atoms in total. The first-order valence-electron chi connectivity index (χ1n) is 10.8. The van der Waals surface area contributed by atoms with Gasteiger partial charge < -0.3 is 37.6 Å². The molecule has 1 aliphatic rings. The molecule has 1 unspecified atom stereocenters. The normalized spacial score (nSPS) is 16.4. The highest BCUT2D eigenvalue weighted by Crippen LogP contribution is 2.14. The number of hydrogen-bond donors (Lipinski definition) is 7. The average molecular weight is 505 g/mol. The first-order chi connectivity index (χ1) is 17.0. The SMILES string of the molecule is NC(N)=NCCCC1NC(=O)N(CC(=O)N[C@@H](CC(=O)O)C(=O)N[C@H](C(=O)O)c2ccccc2)C1=O. The Bertz CT molecular complexity index is 1040. The number of hydrogen-bond acceptors (Lipinski definition) is 7. The molecular formula is C21H27N7O8. The van der Waals surface area contributed by atoms with Crippen molar-refractivity contribution in [3.05, 3.63) is 35.9 Å². The van der Waals surface area contributed by atoms with Gasteiger partial charge in [-0.2, -0.15) is 0 Å². The van der Waals surface area contributed by atoms with Crippen molar-refractivity contribution in [1.29, 1.82) is 0 Å². The molecule has 5 amide bonds. The summed E-state index contributed by atoms with van der Waals surface area (Å²) in [6, 6.07) is 2.75. The number of imide groups is 1. The number of carboxylic acids is 2. The summed E-state index contributed by atoms with van der Waals surface area (Å²) >= 11 is 0. The Morgan fingerprint density at radius 2 is 1.75 bits per heavy atom. The van der Waals surface area contributed by atoms with Crippen LogP contribution in [0.4, 0.5) is 4.79 Å². The Hall–Kier alpha value is -4.69. The van der Waals surface area contributed by atoms with Crippen LogP contribution in [0.15, 0.2) is 35.3 Å². The number of guanidine groups is 1. The van der Waals surface area contributed by atoms with Gasteiger partial charge in [0, 0.05) is 6.54 Å². The van der Waals surface area contributed by atoms with Crippen molar-refractivity contribution in [3.63, 3.8) is 0 Å². The monoisotopic (exact) mass is 505 g/mol. The van der Waals surface area contributed by atoms with Gasteiger partial charge in [0.1, 0.15) is 18.6 Å². The fraction of sp³-hybridized carbons (Fsp3) is 0.381. The molecule has 3 atom stereocenters. The van der Waals surface area contributed by atoms with Gasteiger partial charge in [0.05, 0.1) is 6.42 Å². The second-order valence-corrected chi connectivity index (χ2v) is 7.78. The molecular weight excluding hydrogens is 478 g/mol. The van der Waals surface area contributed by atoms with Crippen molar-refractivity contribution in [1.82, 2.24) is 20.9 Å². The van der Waals surface area contributed by atoms with Crippen LogP contribution < -0.4 is 27.4 Å². The van der Waals surface area contributed by atoms with Crippen LogP contribution in [0.2, 0.25) is 0 Å². The lowest BCUT2D eigenvalue weighted by molar-refractivity contribution is -0.143. The molecule has 0 aromatic heterocycles. The predicted octanol–water partition coefficient (Wildman–Crippen LogP) is -2.14. The molecule has 0 saturated carbocycles. The molecule has 2 rings (SSSR count). The first kappa shape index (κ1) is 27.6. The molecule has 15 heteroatoms. The van der Waals surface area contributed by atoms with Crippen LogP contribution in [0.1, 0.15) is 30.9 Å². The standard InChI is InChI=1S/C21H27N7O8/c22-20(23)24-8-4-7-12-18(33)28(21(36)26-12)10-14(29)25-13(9-15(30)31)17(32)27-16(19(34)35)11-5-2-1-3-6-11/h1-3,5-6,12-13,16H,4,7-10H2,(H,25,29)(H,26,36)(H,27,32)(H,30,31)(H,34,35)(H4,22,23,24)/t12?,13-,16-/m0/s1. The zero-order chi connectivity index (χ0) is 26.8. The molecule has 1 aliphatic heterocycles. The number of nitrogens with one attached hydrogen (secondary N) is 3. The summed E-state index contributed by atoms with van der Waals surface area (Å²) in [6.07, 6.45) is -0.284. The van der Waals surface area contributed by atoms with Crippen LogP contribution in [-0.2, 0) is 24.0 Å². The van der Waals surface area contributed by atoms with Crippen LogP contribution in [0.25, 0.3) is 0 Å². The van der Waals surface area contributed by atoms with E-state index in [1.54, 1.807) is 18.2 Å². The quantitative estimate of drug-likeness (QED) is 0.0663. The number of carbonyl (C=O) groups is 6. The number of aliphatic carboxylic acids is 2. The third-order valence-electron chi connectivity index (χ3n) is 5.05. The van der Waals surface area contributed by atoms with Crippen molar-refractivity contribution >= 4 is 41.7 Å². The molecule has 9 N–H and O–H groups in total. The lowest BCUT2D eigenvalue weighted by Crippen LogP contribution is -2.52. The zero-order valence-electron chi connectivity index (χ0n) is 19.0. The highest BCUT2D eigenvalue weighted by atomic mass is 16.4. The Labute approximate surface area is 204 Å². The number of benzene rings is 1. The second-order valence-electron chi connectivity index (χ2n) is 7.78. The largest absolute Gasteiger partial charge is 0.481 e. The molecule has 0 spiro atoms. The number of nitrogens with zero attached hydrogens (tertiary/aromatic N) is 2. The second kappa shape index (κ2) is 12.7. The summed E-state index contributed by atoms with van der Waals surface area (Å²) < 4.78 is 0. The van der Waals surface area contributed by atoms with Gasteiger partial charge >= 0.3 is 18.0 Å². The highest BCUT2D eigenvalue weighted by molar-refractivity contribution is 6.06. The fourth-order valence-corrected chi connectivity index (χ4v) is 3.37. The minimum Gasteiger partial charge on any atom is -0.481 e. The van der Waals surface area contributed by atoms with E-state index in [1.165, 1.54) is 12.1 Å². The van der Waals surface area contributed by atoms with E-state index >= 15 is 0 Å². The zero-order valence-corrected chi connectivity index (χ0v) is 19.0. The van der Waals surface area contributed by atoms with Crippen LogP contribution in [-0.4, -0.2) is 81.9 Å². The Kier molecular flexibility index (Phi) is 9.71. The third-order valence-corrected chi connectivity index (χ3v) is 5.05. The van der Waals surface area contributed by atoms with E-state index in [4.69, 9.17) is 16.6 Å². The third kappa shape index (κ3) is 7.96. The van der Waals surface area contributed by atoms with E-state index in [2.05, 4.69) is 20.9 Å². The van der Waals surface area contributed by atoms with Crippen LogP contribution >= 0.6 is 0 Å². The van der Waals surface area contributed by atoms with Crippen molar-refractivity contribution < 1.29 is 39.0 Å². The fourth-order valence-electron chi connectivity index (χ4n) is 3.37. The number of rotatable bonds is 13.